The van der Waals surface area contributed by atoms with E-state index in [1.54, 1.807) is 0 Å². The average molecular weight is 828 g/mol. The lowest BCUT2D eigenvalue weighted by Gasteiger charge is -2.34. The van der Waals surface area contributed by atoms with Gasteiger partial charge < -0.3 is 9.32 Å². The molecule has 0 bridgehead atoms. The molecule has 1 aromatic heterocycles. The Hall–Kier alpha value is -8.46. The molecule has 0 N–H and O–H groups in total. The molecule has 0 unspecified atom stereocenters. The Labute approximate surface area is 377 Å². The Kier molecular flexibility index (Phi) is 8.47. The largest absolute Gasteiger partial charge is 0.455 e. The molecular formula is C63H41NO. The lowest BCUT2D eigenvalue weighted by Crippen LogP contribution is -2.28. The predicted octanol–water partition coefficient (Wildman–Crippen LogP) is 17.1. The summed E-state index contributed by atoms with van der Waals surface area (Å²) in [7, 11) is 0. The molecule has 1 aliphatic rings. The molecule has 0 amide bonds. The Balaban J connectivity index is 1.09. The summed E-state index contributed by atoms with van der Waals surface area (Å²) in [5.74, 6) is 0. The number of hydrogen-bond donors (Lipinski definition) is 0. The van der Waals surface area contributed by atoms with Crippen LogP contribution in [0.1, 0.15) is 22.3 Å². The molecule has 1 aliphatic carbocycles. The third-order valence-corrected chi connectivity index (χ3v) is 13.8. The van der Waals surface area contributed by atoms with Crippen molar-refractivity contribution in [3.8, 4) is 33.4 Å². The van der Waals surface area contributed by atoms with E-state index >= 15 is 0 Å². The highest BCUT2D eigenvalue weighted by molar-refractivity contribution is 6.18. The molecular weight excluding hydrogens is 787 g/mol. The van der Waals surface area contributed by atoms with Gasteiger partial charge in [0, 0.05) is 38.5 Å². The van der Waals surface area contributed by atoms with Crippen LogP contribution in [0, 0.1) is 0 Å². The summed E-state index contributed by atoms with van der Waals surface area (Å²) in [6.07, 6.45) is 0. The third kappa shape index (κ3) is 5.60. The first-order valence-electron chi connectivity index (χ1n) is 22.4. The molecule has 0 atom stereocenters. The number of rotatable bonds is 7. The van der Waals surface area contributed by atoms with Crippen LogP contribution < -0.4 is 4.90 Å². The molecule has 0 saturated heterocycles. The van der Waals surface area contributed by atoms with Gasteiger partial charge in [-0.15, -0.1) is 0 Å². The van der Waals surface area contributed by atoms with Gasteiger partial charge in [-0.25, -0.2) is 0 Å². The summed E-state index contributed by atoms with van der Waals surface area (Å²) in [4.78, 5) is 2.49. The Morgan fingerprint density at radius 2 is 0.831 bits per heavy atom. The van der Waals surface area contributed by atoms with Gasteiger partial charge in [-0.3, -0.25) is 0 Å². The van der Waals surface area contributed by atoms with Crippen molar-refractivity contribution in [3.05, 3.63) is 271 Å². The van der Waals surface area contributed by atoms with E-state index in [1.165, 1.54) is 60.7 Å². The van der Waals surface area contributed by atoms with Gasteiger partial charge >= 0.3 is 0 Å². The first kappa shape index (κ1) is 37.1. The SMILES string of the molecule is c1ccc(C2(c3ccccc3)c3ccccc3-c3c(N(c4ccc(-c5cccc6ccccc56)cc4)c4ccccc4-c4cccc5c4oc4c6ccccc6ccc54)cccc32)cc1. The van der Waals surface area contributed by atoms with Gasteiger partial charge in [0.2, 0.25) is 0 Å². The van der Waals surface area contributed by atoms with Gasteiger partial charge in [-0.2, -0.15) is 0 Å². The van der Waals surface area contributed by atoms with E-state index < -0.39 is 5.41 Å². The summed E-state index contributed by atoms with van der Waals surface area (Å²) in [5.41, 5.74) is 16.5. The van der Waals surface area contributed by atoms with Crippen molar-refractivity contribution < 1.29 is 4.42 Å². The minimum absolute atomic E-state index is 0.545. The summed E-state index contributed by atoms with van der Waals surface area (Å²) in [6.45, 7) is 0. The first-order valence-corrected chi connectivity index (χ1v) is 22.4. The maximum absolute atomic E-state index is 7.02. The van der Waals surface area contributed by atoms with Crippen LogP contribution in [0.4, 0.5) is 17.1 Å². The van der Waals surface area contributed by atoms with Crippen molar-refractivity contribution in [3.63, 3.8) is 0 Å². The molecule has 304 valence electrons. The highest BCUT2D eigenvalue weighted by Gasteiger charge is 2.47. The van der Waals surface area contributed by atoms with Gasteiger partial charge in [0.25, 0.3) is 0 Å². The number of furan rings is 1. The highest BCUT2D eigenvalue weighted by Crippen LogP contribution is 2.60. The second-order valence-corrected chi connectivity index (χ2v) is 17.1. The van der Waals surface area contributed by atoms with Gasteiger partial charge in [0.1, 0.15) is 11.2 Å². The van der Waals surface area contributed by atoms with Gasteiger partial charge in [0.05, 0.1) is 16.8 Å². The lowest BCUT2D eigenvalue weighted by molar-refractivity contribution is 0.674. The summed E-state index contributed by atoms with van der Waals surface area (Å²) in [6, 6.07) is 90.8. The van der Waals surface area contributed by atoms with Crippen LogP contribution in [-0.4, -0.2) is 0 Å². The average Bonchev–Trinajstić information content (AvgIpc) is 3.92. The van der Waals surface area contributed by atoms with E-state index in [-0.39, 0.29) is 0 Å². The molecule has 11 aromatic carbocycles. The highest BCUT2D eigenvalue weighted by atomic mass is 16.3. The number of nitrogens with zero attached hydrogens (tertiary/aromatic N) is 1. The van der Waals surface area contributed by atoms with Crippen LogP contribution in [0.3, 0.4) is 0 Å². The minimum atomic E-state index is -0.545. The third-order valence-electron chi connectivity index (χ3n) is 13.8. The van der Waals surface area contributed by atoms with Crippen molar-refractivity contribution in [1.29, 1.82) is 0 Å². The Bertz CT molecular complexity index is 3730. The fourth-order valence-corrected chi connectivity index (χ4v) is 11.0. The van der Waals surface area contributed by atoms with E-state index in [2.05, 4.69) is 254 Å². The summed E-state index contributed by atoms with van der Waals surface area (Å²) in [5, 5.41) is 6.98. The molecule has 2 heteroatoms. The molecule has 12 aromatic rings. The fourth-order valence-electron chi connectivity index (χ4n) is 11.0. The monoisotopic (exact) mass is 827 g/mol. The summed E-state index contributed by atoms with van der Waals surface area (Å²) < 4.78 is 7.02. The van der Waals surface area contributed by atoms with Gasteiger partial charge in [-0.1, -0.05) is 218 Å². The molecule has 1 heterocycles. The van der Waals surface area contributed by atoms with Crippen LogP contribution in [0.15, 0.2) is 253 Å². The maximum Gasteiger partial charge on any atom is 0.143 e. The fraction of sp³-hybridized carbons (Fsp3) is 0.0159. The topological polar surface area (TPSA) is 16.4 Å². The number of hydrogen-bond acceptors (Lipinski definition) is 2. The zero-order chi connectivity index (χ0) is 42.9. The summed E-state index contributed by atoms with van der Waals surface area (Å²) >= 11 is 0. The van der Waals surface area contributed by atoms with Crippen molar-refractivity contribution in [1.82, 2.24) is 0 Å². The second-order valence-electron chi connectivity index (χ2n) is 17.1. The molecule has 0 spiro atoms. The smallest absolute Gasteiger partial charge is 0.143 e. The van der Waals surface area contributed by atoms with Gasteiger partial charge in [0.15, 0.2) is 0 Å². The zero-order valence-electron chi connectivity index (χ0n) is 35.5. The maximum atomic E-state index is 7.02. The molecule has 0 saturated carbocycles. The normalized spacial score (nSPS) is 12.7. The van der Waals surface area contributed by atoms with Crippen molar-refractivity contribution >= 4 is 60.5 Å². The molecule has 65 heavy (non-hydrogen) atoms. The molecule has 13 rings (SSSR count). The number of anilines is 3. The minimum Gasteiger partial charge on any atom is -0.455 e. The van der Waals surface area contributed by atoms with E-state index in [0.717, 1.165) is 55.5 Å². The van der Waals surface area contributed by atoms with Crippen molar-refractivity contribution in [2.45, 2.75) is 5.41 Å². The van der Waals surface area contributed by atoms with E-state index in [4.69, 9.17) is 4.42 Å². The van der Waals surface area contributed by atoms with E-state index in [9.17, 15) is 0 Å². The number of benzene rings is 11. The zero-order valence-corrected chi connectivity index (χ0v) is 35.5. The quantitative estimate of drug-likeness (QED) is 0.159. The van der Waals surface area contributed by atoms with E-state index in [1.807, 2.05) is 0 Å². The molecule has 0 radical (unpaired) electrons. The lowest BCUT2D eigenvalue weighted by atomic mass is 9.68. The van der Waals surface area contributed by atoms with Crippen molar-refractivity contribution in [2.75, 3.05) is 4.90 Å². The second kappa shape index (κ2) is 14.8. The van der Waals surface area contributed by atoms with Crippen LogP contribution in [0.5, 0.6) is 0 Å². The number of fused-ring (bicyclic) bond motifs is 9. The van der Waals surface area contributed by atoms with E-state index in [0.29, 0.717) is 0 Å². The van der Waals surface area contributed by atoms with Crippen LogP contribution in [0.2, 0.25) is 0 Å². The Morgan fingerprint density at radius 3 is 1.62 bits per heavy atom. The standard InChI is InChI=1S/C63H41NO/c1-3-21-45(22-4-1)63(46-23-5-2-6-24-46)56-32-13-11-28-55(56)60-57(63)33-17-35-59(60)64(47-39-36-44(37-40-47)49-29-15-20-42-18-7-9-25-48(42)49)58-34-14-12-27-51(58)52-30-16-31-53-54-41-38-43-19-8-10-26-50(43)61(54)65-62(52)53/h1-41H. The van der Waals surface area contributed by atoms with Crippen molar-refractivity contribution in [2.24, 2.45) is 0 Å². The first-order chi connectivity index (χ1) is 32.3. The molecule has 0 fully saturated rings. The molecule has 0 aliphatic heterocycles. The Morgan fingerprint density at radius 1 is 0.308 bits per heavy atom. The number of para-hydroxylation sites is 2. The van der Waals surface area contributed by atoms with Gasteiger partial charge in [-0.05, 0) is 85.4 Å². The predicted molar refractivity (Wildman–Crippen MR) is 272 cm³/mol. The van der Waals surface area contributed by atoms with Crippen LogP contribution >= 0.6 is 0 Å². The molecule has 2 nitrogen and oxygen atoms in total. The van der Waals surface area contributed by atoms with Crippen LogP contribution in [-0.2, 0) is 5.41 Å². The van der Waals surface area contributed by atoms with Crippen LogP contribution in [0.25, 0.3) is 76.9 Å².